The summed E-state index contributed by atoms with van der Waals surface area (Å²) in [6.07, 6.45) is 7.05. The molecule has 4 N–H and O–H groups in total. The number of aromatic nitrogens is 2. The Morgan fingerprint density at radius 1 is 1.33 bits per heavy atom. The number of halogens is 1. The van der Waals surface area contributed by atoms with Crippen LogP contribution in [0.5, 0.6) is 0 Å². The molecule has 1 heterocycles. The van der Waals surface area contributed by atoms with Crippen LogP contribution in [0.1, 0.15) is 32.1 Å². The maximum atomic E-state index is 9.61. The van der Waals surface area contributed by atoms with Crippen molar-refractivity contribution in [3.8, 4) is 0 Å². The smallest absolute Gasteiger partial charge is 0.157 e. The van der Waals surface area contributed by atoms with Gasteiger partial charge < -0.3 is 16.2 Å². The molecular formula is C12H19ClN4O. The van der Waals surface area contributed by atoms with Gasteiger partial charge in [0, 0.05) is 12.0 Å². The molecule has 0 atom stereocenters. The third-order valence-corrected chi connectivity index (χ3v) is 4.02. The first kappa shape index (κ1) is 13.4. The van der Waals surface area contributed by atoms with E-state index in [0.29, 0.717) is 18.1 Å². The van der Waals surface area contributed by atoms with Crippen molar-refractivity contribution in [3.63, 3.8) is 0 Å². The zero-order chi connectivity index (χ0) is 13.0. The second-order valence-electron chi connectivity index (χ2n) is 5.00. The van der Waals surface area contributed by atoms with Gasteiger partial charge in [0.15, 0.2) is 11.0 Å². The Morgan fingerprint density at radius 3 is 2.72 bits per heavy atom. The Balaban J connectivity index is 2.03. The van der Waals surface area contributed by atoms with Crippen molar-refractivity contribution in [1.29, 1.82) is 0 Å². The van der Waals surface area contributed by atoms with E-state index in [1.165, 1.54) is 25.6 Å². The first-order chi connectivity index (χ1) is 8.67. The fraction of sp³-hybridized carbons (Fsp3) is 0.667. The van der Waals surface area contributed by atoms with Crippen LogP contribution >= 0.6 is 11.6 Å². The lowest BCUT2D eigenvalue weighted by Gasteiger charge is -2.35. The molecule has 1 aromatic rings. The Hall–Kier alpha value is -1.07. The lowest BCUT2D eigenvalue weighted by atomic mass is 9.74. The van der Waals surface area contributed by atoms with Crippen molar-refractivity contribution in [1.82, 2.24) is 9.97 Å². The van der Waals surface area contributed by atoms with Crippen LogP contribution in [0, 0.1) is 5.41 Å². The highest BCUT2D eigenvalue weighted by Crippen LogP contribution is 2.36. The number of nitrogens with zero attached hydrogens (tertiary/aromatic N) is 2. The van der Waals surface area contributed by atoms with E-state index in [1.807, 2.05) is 0 Å². The number of nitrogen functional groups attached to an aromatic ring is 1. The van der Waals surface area contributed by atoms with Gasteiger partial charge in [-0.3, -0.25) is 0 Å². The van der Waals surface area contributed by atoms with E-state index < -0.39 is 0 Å². The number of aliphatic hydroxyl groups is 1. The Bertz CT molecular complexity index is 407. The molecule has 1 saturated carbocycles. The largest absolute Gasteiger partial charge is 0.396 e. The van der Waals surface area contributed by atoms with Gasteiger partial charge in [-0.2, -0.15) is 0 Å². The van der Waals surface area contributed by atoms with Crippen LogP contribution in [0.4, 0.5) is 11.5 Å². The molecule has 0 bridgehead atoms. The molecule has 0 radical (unpaired) electrons. The predicted molar refractivity (Wildman–Crippen MR) is 72.5 cm³/mol. The van der Waals surface area contributed by atoms with Crippen LogP contribution < -0.4 is 11.1 Å². The molecule has 0 amide bonds. The fourth-order valence-corrected chi connectivity index (χ4v) is 2.61. The van der Waals surface area contributed by atoms with Crippen molar-refractivity contribution in [3.05, 3.63) is 11.5 Å². The number of anilines is 2. The number of aliphatic hydroxyl groups excluding tert-OH is 1. The van der Waals surface area contributed by atoms with Gasteiger partial charge in [0.05, 0.1) is 6.61 Å². The van der Waals surface area contributed by atoms with E-state index in [-0.39, 0.29) is 17.2 Å². The molecule has 0 spiro atoms. The predicted octanol–water partition coefficient (Wildman–Crippen LogP) is 2.07. The molecule has 1 aromatic heterocycles. The summed E-state index contributed by atoms with van der Waals surface area (Å²) >= 11 is 5.84. The second-order valence-corrected chi connectivity index (χ2v) is 5.36. The second kappa shape index (κ2) is 5.71. The molecule has 18 heavy (non-hydrogen) atoms. The first-order valence-corrected chi connectivity index (χ1v) is 6.65. The summed E-state index contributed by atoms with van der Waals surface area (Å²) in [6, 6.07) is 0. The molecule has 0 aromatic carbocycles. The van der Waals surface area contributed by atoms with Crippen LogP contribution in [-0.2, 0) is 0 Å². The van der Waals surface area contributed by atoms with Gasteiger partial charge in [0.25, 0.3) is 0 Å². The Kier molecular flexibility index (Phi) is 4.24. The van der Waals surface area contributed by atoms with Crippen LogP contribution in [0.25, 0.3) is 0 Å². The van der Waals surface area contributed by atoms with Crippen molar-refractivity contribution < 1.29 is 5.11 Å². The molecule has 1 aliphatic rings. The normalized spacial score (nSPS) is 18.6. The van der Waals surface area contributed by atoms with Crippen LogP contribution in [0.3, 0.4) is 0 Å². The quantitative estimate of drug-likeness (QED) is 0.730. The molecule has 0 unspecified atom stereocenters. The number of nitrogens with one attached hydrogen (secondary N) is 1. The van der Waals surface area contributed by atoms with E-state index in [9.17, 15) is 5.11 Å². The van der Waals surface area contributed by atoms with Gasteiger partial charge in [-0.1, -0.05) is 30.9 Å². The lowest BCUT2D eigenvalue weighted by molar-refractivity contribution is 0.0943. The number of hydrogen-bond acceptors (Lipinski definition) is 5. The summed E-state index contributed by atoms with van der Waals surface area (Å²) < 4.78 is 0. The Labute approximate surface area is 112 Å². The van der Waals surface area contributed by atoms with Gasteiger partial charge in [-0.05, 0) is 12.8 Å². The highest BCUT2D eigenvalue weighted by Gasteiger charge is 2.31. The van der Waals surface area contributed by atoms with Gasteiger partial charge in [0.1, 0.15) is 12.0 Å². The van der Waals surface area contributed by atoms with Crippen LogP contribution in [0.2, 0.25) is 5.15 Å². The monoisotopic (exact) mass is 270 g/mol. The molecule has 2 rings (SSSR count). The van der Waals surface area contributed by atoms with E-state index in [0.717, 1.165) is 12.8 Å². The summed E-state index contributed by atoms with van der Waals surface area (Å²) in [5, 5.41) is 13.1. The average Bonchev–Trinajstić information content (AvgIpc) is 2.41. The summed E-state index contributed by atoms with van der Waals surface area (Å²) in [5.41, 5.74) is 6.11. The minimum absolute atomic E-state index is 0.0535. The molecule has 5 nitrogen and oxygen atoms in total. The van der Waals surface area contributed by atoms with Gasteiger partial charge >= 0.3 is 0 Å². The number of hydrogen-bond donors (Lipinski definition) is 3. The van der Waals surface area contributed by atoms with E-state index in [4.69, 9.17) is 17.3 Å². The molecule has 0 aliphatic heterocycles. The topological polar surface area (TPSA) is 84.1 Å². The lowest BCUT2D eigenvalue weighted by Crippen LogP contribution is -2.35. The molecular weight excluding hydrogens is 252 g/mol. The van der Waals surface area contributed by atoms with Crippen molar-refractivity contribution in [2.45, 2.75) is 32.1 Å². The minimum Gasteiger partial charge on any atom is -0.396 e. The third kappa shape index (κ3) is 2.84. The SMILES string of the molecule is Nc1c(Cl)ncnc1NCC1(CO)CCCCC1. The maximum absolute atomic E-state index is 9.61. The van der Waals surface area contributed by atoms with E-state index in [2.05, 4.69) is 15.3 Å². The fourth-order valence-electron chi connectivity index (χ4n) is 2.48. The van der Waals surface area contributed by atoms with Gasteiger partial charge in [0.2, 0.25) is 0 Å². The van der Waals surface area contributed by atoms with E-state index >= 15 is 0 Å². The van der Waals surface area contributed by atoms with Crippen molar-refractivity contribution in [2.75, 3.05) is 24.2 Å². The van der Waals surface area contributed by atoms with Crippen molar-refractivity contribution >= 4 is 23.1 Å². The van der Waals surface area contributed by atoms with Crippen molar-refractivity contribution in [2.24, 2.45) is 5.41 Å². The summed E-state index contributed by atoms with van der Waals surface area (Å²) in [5.74, 6) is 0.549. The molecule has 6 heteroatoms. The molecule has 1 fully saturated rings. The average molecular weight is 271 g/mol. The summed E-state index contributed by atoms with van der Waals surface area (Å²) in [7, 11) is 0. The zero-order valence-electron chi connectivity index (χ0n) is 10.3. The number of nitrogens with two attached hydrogens (primary N) is 1. The van der Waals surface area contributed by atoms with Gasteiger partial charge in [-0.25, -0.2) is 9.97 Å². The highest BCUT2D eigenvalue weighted by molar-refractivity contribution is 6.32. The first-order valence-electron chi connectivity index (χ1n) is 6.28. The summed E-state index contributed by atoms with van der Waals surface area (Å²) in [4.78, 5) is 7.89. The standard InChI is InChI=1S/C12H19ClN4O/c13-10-9(14)11(17-8-16-10)15-6-12(7-18)4-2-1-3-5-12/h8,18H,1-7,14H2,(H,15,16,17). The molecule has 1 aliphatic carbocycles. The molecule has 0 saturated heterocycles. The maximum Gasteiger partial charge on any atom is 0.157 e. The molecule has 100 valence electrons. The van der Waals surface area contributed by atoms with Crippen LogP contribution in [0.15, 0.2) is 6.33 Å². The Morgan fingerprint density at radius 2 is 2.06 bits per heavy atom. The minimum atomic E-state index is -0.0535. The van der Waals surface area contributed by atoms with E-state index in [1.54, 1.807) is 0 Å². The zero-order valence-corrected chi connectivity index (χ0v) is 11.1. The third-order valence-electron chi connectivity index (χ3n) is 3.72. The van der Waals surface area contributed by atoms with Gasteiger partial charge in [-0.15, -0.1) is 0 Å². The van der Waals surface area contributed by atoms with Crippen LogP contribution in [-0.4, -0.2) is 28.2 Å². The highest BCUT2D eigenvalue weighted by atomic mass is 35.5. The summed E-state index contributed by atoms with van der Waals surface area (Å²) in [6.45, 7) is 0.861. The number of rotatable bonds is 4.